The molecule has 13 heteroatoms. The standard InChI is InChI=1S/C18H23N5O4S2.ClH.H2O/c1-22(13-12-19-18-20-16-6-4-5-7-17(16)23(18)2)29(26,27)15-10-8-14(9-11-15)21-28(3,24)25;;/h4-11,21H,12-13H2,1-3H3,(H,19,20);1H;1H2. The Morgan fingerprint density at radius 3 is 2.23 bits per heavy atom. The summed E-state index contributed by atoms with van der Waals surface area (Å²) in [6.45, 7) is 0.607. The molecule has 2 aromatic carbocycles. The van der Waals surface area contributed by atoms with Gasteiger partial charge in [0.1, 0.15) is 0 Å². The number of aryl methyl sites for hydroxylation is 1. The number of likely N-dealkylation sites (N-methyl/N-ethyl adjacent to an activating group) is 1. The van der Waals surface area contributed by atoms with Crippen LogP contribution in [0, 0.1) is 0 Å². The molecule has 0 aliphatic heterocycles. The summed E-state index contributed by atoms with van der Waals surface area (Å²) >= 11 is 0. The highest BCUT2D eigenvalue weighted by Gasteiger charge is 2.20. The molecule has 0 bridgehead atoms. The maximum atomic E-state index is 12.7. The van der Waals surface area contributed by atoms with Gasteiger partial charge in [0.05, 0.1) is 22.2 Å². The molecule has 31 heavy (non-hydrogen) atoms. The van der Waals surface area contributed by atoms with E-state index in [-0.39, 0.29) is 29.3 Å². The fourth-order valence-electron chi connectivity index (χ4n) is 2.84. The number of fused-ring (bicyclic) bond motifs is 1. The van der Waals surface area contributed by atoms with E-state index in [0.717, 1.165) is 17.3 Å². The molecule has 0 saturated carbocycles. The van der Waals surface area contributed by atoms with Crippen molar-refractivity contribution < 1.29 is 22.3 Å². The molecule has 1 aromatic heterocycles. The van der Waals surface area contributed by atoms with Gasteiger partial charge in [0.25, 0.3) is 0 Å². The number of halogens is 1. The van der Waals surface area contributed by atoms with Gasteiger partial charge in [-0.1, -0.05) is 12.1 Å². The normalized spacial score (nSPS) is 11.6. The molecule has 0 aliphatic rings. The molecular weight excluding hydrogens is 466 g/mol. The number of benzene rings is 2. The van der Waals surface area contributed by atoms with E-state index in [9.17, 15) is 16.8 Å². The number of anilines is 2. The molecule has 0 amide bonds. The Kier molecular flexibility index (Phi) is 8.84. The van der Waals surface area contributed by atoms with E-state index in [4.69, 9.17) is 0 Å². The molecule has 10 nitrogen and oxygen atoms in total. The van der Waals surface area contributed by atoms with Crippen molar-refractivity contribution in [3.8, 4) is 0 Å². The smallest absolute Gasteiger partial charge is 0.242 e. The van der Waals surface area contributed by atoms with Crippen LogP contribution in [0.25, 0.3) is 11.0 Å². The Hall–Kier alpha value is -2.38. The van der Waals surface area contributed by atoms with Crippen molar-refractivity contribution in [3.05, 3.63) is 48.5 Å². The lowest BCUT2D eigenvalue weighted by Gasteiger charge is -2.18. The third-order valence-electron chi connectivity index (χ3n) is 4.36. The zero-order valence-corrected chi connectivity index (χ0v) is 19.7. The van der Waals surface area contributed by atoms with Crippen LogP contribution in [0.5, 0.6) is 0 Å². The van der Waals surface area contributed by atoms with Gasteiger partial charge in [-0.3, -0.25) is 4.72 Å². The molecule has 1 heterocycles. The summed E-state index contributed by atoms with van der Waals surface area (Å²) in [6.07, 6.45) is 1.03. The molecule has 0 saturated heterocycles. The summed E-state index contributed by atoms with van der Waals surface area (Å²) in [7, 11) is -3.73. The van der Waals surface area contributed by atoms with Crippen molar-refractivity contribution >= 4 is 55.1 Å². The Morgan fingerprint density at radius 1 is 1.03 bits per heavy atom. The van der Waals surface area contributed by atoms with Crippen LogP contribution < -0.4 is 10.0 Å². The monoisotopic (exact) mass is 491 g/mol. The molecule has 0 radical (unpaired) electrons. The summed E-state index contributed by atoms with van der Waals surface area (Å²) in [5, 5.41) is 3.16. The number of nitrogens with zero attached hydrogens (tertiary/aromatic N) is 3. The Labute approximate surface area is 188 Å². The molecule has 0 atom stereocenters. The largest absolute Gasteiger partial charge is 0.412 e. The van der Waals surface area contributed by atoms with Crippen molar-refractivity contribution in [1.29, 1.82) is 0 Å². The average molecular weight is 492 g/mol. The van der Waals surface area contributed by atoms with Crippen LogP contribution in [0.15, 0.2) is 53.4 Å². The predicted octanol–water partition coefficient (Wildman–Crippen LogP) is 1.27. The molecule has 4 N–H and O–H groups in total. The molecule has 3 rings (SSSR count). The van der Waals surface area contributed by atoms with Crippen LogP contribution in [0.1, 0.15) is 0 Å². The summed E-state index contributed by atoms with van der Waals surface area (Å²) < 4.78 is 53.4. The van der Waals surface area contributed by atoms with Gasteiger partial charge >= 0.3 is 0 Å². The molecule has 172 valence electrons. The minimum atomic E-state index is -3.70. The Bertz CT molecular complexity index is 1230. The Balaban J connectivity index is 0.00000240. The highest BCUT2D eigenvalue weighted by atomic mass is 35.5. The fraction of sp³-hybridized carbons (Fsp3) is 0.278. The zero-order valence-electron chi connectivity index (χ0n) is 17.2. The van der Waals surface area contributed by atoms with E-state index >= 15 is 0 Å². The van der Waals surface area contributed by atoms with Crippen LogP contribution in [0.2, 0.25) is 0 Å². The van der Waals surface area contributed by atoms with Gasteiger partial charge in [0.15, 0.2) is 0 Å². The predicted molar refractivity (Wildman–Crippen MR) is 125 cm³/mol. The number of rotatable bonds is 8. The number of hydrogen-bond donors (Lipinski definition) is 2. The first-order chi connectivity index (χ1) is 13.6. The second-order valence-electron chi connectivity index (χ2n) is 6.64. The van der Waals surface area contributed by atoms with Crippen LogP contribution in [0.4, 0.5) is 11.6 Å². The molecule has 0 spiro atoms. The van der Waals surface area contributed by atoms with Crippen LogP contribution in [-0.4, -0.2) is 62.6 Å². The number of nitrogens with one attached hydrogen (secondary N) is 2. The lowest BCUT2D eigenvalue weighted by Crippen LogP contribution is -2.31. The fourth-order valence-corrected chi connectivity index (χ4v) is 4.57. The second kappa shape index (κ2) is 10.3. The van der Waals surface area contributed by atoms with Gasteiger partial charge in [-0.05, 0) is 36.4 Å². The lowest BCUT2D eigenvalue weighted by molar-refractivity contribution is 0.480. The van der Waals surface area contributed by atoms with Gasteiger partial charge in [0, 0.05) is 32.9 Å². The van der Waals surface area contributed by atoms with Gasteiger partial charge in [-0.2, -0.15) is 4.31 Å². The molecular formula is C18H26ClN5O5S2. The number of sulfonamides is 2. The van der Waals surface area contributed by atoms with E-state index in [2.05, 4.69) is 15.0 Å². The number of hydrogen-bond acceptors (Lipinski definition) is 6. The van der Waals surface area contributed by atoms with Gasteiger partial charge < -0.3 is 15.4 Å². The third kappa shape index (κ3) is 6.31. The van der Waals surface area contributed by atoms with Crippen molar-refractivity contribution in [1.82, 2.24) is 13.9 Å². The third-order valence-corrected chi connectivity index (χ3v) is 6.84. The van der Waals surface area contributed by atoms with E-state index in [0.29, 0.717) is 18.2 Å². The zero-order chi connectivity index (χ0) is 21.2. The maximum absolute atomic E-state index is 12.7. The first-order valence-corrected chi connectivity index (χ1v) is 12.1. The molecule has 0 aliphatic carbocycles. The van der Waals surface area contributed by atoms with Crippen molar-refractivity contribution in [2.75, 3.05) is 36.4 Å². The van der Waals surface area contributed by atoms with Crippen molar-refractivity contribution in [2.24, 2.45) is 7.05 Å². The first kappa shape index (κ1) is 26.7. The average Bonchev–Trinajstić information content (AvgIpc) is 2.97. The maximum Gasteiger partial charge on any atom is 0.242 e. The minimum Gasteiger partial charge on any atom is -0.412 e. The lowest BCUT2D eigenvalue weighted by atomic mass is 10.3. The molecule has 0 unspecified atom stereocenters. The first-order valence-electron chi connectivity index (χ1n) is 8.77. The SMILES string of the molecule is CN(CCNc1nc2ccccc2n1C)S(=O)(=O)c1ccc(NS(C)(=O)=O)cc1.Cl.O. The van der Waals surface area contributed by atoms with E-state index in [1.807, 2.05) is 35.9 Å². The summed E-state index contributed by atoms with van der Waals surface area (Å²) in [5.41, 5.74) is 2.15. The highest BCUT2D eigenvalue weighted by molar-refractivity contribution is 7.92. The van der Waals surface area contributed by atoms with Gasteiger partial charge in [-0.25, -0.2) is 21.8 Å². The number of para-hydroxylation sites is 2. The van der Waals surface area contributed by atoms with Gasteiger partial charge in [0.2, 0.25) is 26.0 Å². The van der Waals surface area contributed by atoms with E-state index in [1.54, 1.807) is 0 Å². The quantitative estimate of drug-likeness (QED) is 0.485. The van der Waals surface area contributed by atoms with Crippen molar-refractivity contribution in [3.63, 3.8) is 0 Å². The molecule has 3 aromatic rings. The number of imidazole rings is 1. The van der Waals surface area contributed by atoms with Crippen LogP contribution in [-0.2, 0) is 27.1 Å². The number of aromatic nitrogens is 2. The highest BCUT2D eigenvalue weighted by Crippen LogP contribution is 2.19. The summed E-state index contributed by atoms with van der Waals surface area (Å²) in [5.74, 6) is 0.660. The second-order valence-corrected chi connectivity index (χ2v) is 10.4. The van der Waals surface area contributed by atoms with Crippen LogP contribution in [0.3, 0.4) is 0 Å². The Morgan fingerprint density at radius 2 is 1.65 bits per heavy atom. The topological polar surface area (TPSA) is 145 Å². The van der Waals surface area contributed by atoms with Gasteiger partial charge in [-0.15, -0.1) is 12.4 Å². The van der Waals surface area contributed by atoms with Crippen molar-refractivity contribution in [2.45, 2.75) is 4.90 Å². The van der Waals surface area contributed by atoms with E-state index < -0.39 is 20.0 Å². The molecule has 0 fully saturated rings. The summed E-state index contributed by atoms with van der Waals surface area (Å²) in [6, 6.07) is 13.3. The van der Waals surface area contributed by atoms with E-state index in [1.165, 1.54) is 35.6 Å². The van der Waals surface area contributed by atoms with Crippen LogP contribution >= 0.6 is 12.4 Å². The minimum absolute atomic E-state index is 0. The summed E-state index contributed by atoms with van der Waals surface area (Å²) in [4.78, 5) is 4.58.